The van der Waals surface area contributed by atoms with Gasteiger partial charge >= 0.3 is 0 Å². The molecule has 0 N–H and O–H groups in total. The van der Waals surface area contributed by atoms with E-state index in [2.05, 4.69) is 42.2 Å². The molecule has 15 heavy (non-hydrogen) atoms. The first-order valence-corrected chi connectivity index (χ1v) is 5.75. The molecule has 2 unspecified atom stereocenters. The molecule has 2 aliphatic heterocycles. The van der Waals surface area contributed by atoms with Crippen molar-refractivity contribution >= 4 is 0 Å². The molecule has 2 aliphatic rings. The van der Waals surface area contributed by atoms with Crippen LogP contribution in [0.1, 0.15) is 31.4 Å². The molecular formula is C13H17NO. The van der Waals surface area contributed by atoms with Gasteiger partial charge in [0.2, 0.25) is 0 Å². The summed E-state index contributed by atoms with van der Waals surface area (Å²) in [4.78, 5) is 2.52. The molecule has 1 aromatic carbocycles. The summed E-state index contributed by atoms with van der Waals surface area (Å²) >= 11 is 0. The summed E-state index contributed by atoms with van der Waals surface area (Å²) in [7, 11) is 0. The Kier molecular flexibility index (Phi) is 2.08. The molecule has 0 saturated carbocycles. The van der Waals surface area contributed by atoms with E-state index in [1.165, 1.54) is 24.9 Å². The number of rotatable bonds is 1. The Bertz CT molecular complexity index is 351. The Morgan fingerprint density at radius 3 is 2.93 bits per heavy atom. The SMILES string of the molecule is CC12CCCN1C(c1ccccc1)CO2. The number of hydrogen-bond donors (Lipinski definition) is 0. The van der Waals surface area contributed by atoms with Crippen molar-refractivity contribution in [2.24, 2.45) is 0 Å². The van der Waals surface area contributed by atoms with Crippen molar-refractivity contribution in [3.05, 3.63) is 35.9 Å². The van der Waals surface area contributed by atoms with Crippen LogP contribution >= 0.6 is 0 Å². The fourth-order valence-corrected chi connectivity index (χ4v) is 2.90. The molecule has 80 valence electrons. The van der Waals surface area contributed by atoms with Gasteiger partial charge in [-0.2, -0.15) is 0 Å². The first kappa shape index (κ1) is 9.37. The summed E-state index contributed by atoms with van der Waals surface area (Å²) in [6.07, 6.45) is 2.44. The van der Waals surface area contributed by atoms with E-state index in [-0.39, 0.29) is 5.72 Å². The fraction of sp³-hybridized carbons (Fsp3) is 0.538. The zero-order chi connectivity index (χ0) is 10.3. The van der Waals surface area contributed by atoms with E-state index in [1.807, 2.05) is 0 Å². The Morgan fingerprint density at radius 1 is 1.33 bits per heavy atom. The number of benzene rings is 1. The monoisotopic (exact) mass is 203 g/mol. The molecule has 2 atom stereocenters. The van der Waals surface area contributed by atoms with E-state index in [1.54, 1.807) is 0 Å². The van der Waals surface area contributed by atoms with Gasteiger partial charge in [-0.25, -0.2) is 0 Å². The van der Waals surface area contributed by atoms with Gasteiger partial charge in [-0.15, -0.1) is 0 Å². The molecule has 0 bridgehead atoms. The predicted molar refractivity (Wildman–Crippen MR) is 59.5 cm³/mol. The Balaban J connectivity index is 1.90. The number of hydrogen-bond acceptors (Lipinski definition) is 2. The lowest BCUT2D eigenvalue weighted by Gasteiger charge is -2.29. The van der Waals surface area contributed by atoms with Crippen molar-refractivity contribution in [3.63, 3.8) is 0 Å². The van der Waals surface area contributed by atoms with Crippen LogP contribution in [0, 0.1) is 0 Å². The lowest BCUT2D eigenvalue weighted by molar-refractivity contribution is -0.0437. The quantitative estimate of drug-likeness (QED) is 0.695. The van der Waals surface area contributed by atoms with Crippen molar-refractivity contribution in [2.45, 2.75) is 31.5 Å². The maximum absolute atomic E-state index is 5.96. The van der Waals surface area contributed by atoms with Gasteiger partial charge in [0.15, 0.2) is 0 Å². The van der Waals surface area contributed by atoms with Gasteiger partial charge in [0, 0.05) is 6.54 Å². The van der Waals surface area contributed by atoms with Crippen LogP contribution in [0.25, 0.3) is 0 Å². The third-order valence-corrected chi connectivity index (χ3v) is 3.76. The molecule has 2 saturated heterocycles. The minimum Gasteiger partial charge on any atom is -0.359 e. The summed E-state index contributed by atoms with van der Waals surface area (Å²) in [6, 6.07) is 11.2. The van der Waals surface area contributed by atoms with Crippen LogP contribution in [0.4, 0.5) is 0 Å². The van der Waals surface area contributed by atoms with Crippen LogP contribution in [0.5, 0.6) is 0 Å². The Morgan fingerprint density at radius 2 is 2.13 bits per heavy atom. The van der Waals surface area contributed by atoms with Crippen molar-refractivity contribution in [1.82, 2.24) is 4.90 Å². The van der Waals surface area contributed by atoms with Crippen LogP contribution in [0.15, 0.2) is 30.3 Å². The van der Waals surface area contributed by atoms with Gasteiger partial charge in [0.05, 0.1) is 12.6 Å². The van der Waals surface area contributed by atoms with Gasteiger partial charge in [-0.05, 0) is 25.3 Å². The van der Waals surface area contributed by atoms with Gasteiger partial charge < -0.3 is 4.74 Å². The van der Waals surface area contributed by atoms with Crippen LogP contribution in [-0.2, 0) is 4.74 Å². The van der Waals surface area contributed by atoms with Crippen molar-refractivity contribution in [2.75, 3.05) is 13.2 Å². The second kappa shape index (κ2) is 3.32. The smallest absolute Gasteiger partial charge is 0.119 e. The van der Waals surface area contributed by atoms with E-state index in [0.717, 1.165) is 6.61 Å². The van der Waals surface area contributed by atoms with E-state index in [4.69, 9.17) is 4.74 Å². The second-order valence-electron chi connectivity index (χ2n) is 4.71. The molecule has 2 nitrogen and oxygen atoms in total. The normalized spacial score (nSPS) is 35.7. The molecule has 0 aromatic heterocycles. The third kappa shape index (κ3) is 1.40. The summed E-state index contributed by atoms with van der Waals surface area (Å²) in [5.74, 6) is 0. The maximum atomic E-state index is 5.96. The molecule has 2 fully saturated rings. The Hall–Kier alpha value is -0.860. The highest BCUT2D eigenvalue weighted by molar-refractivity contribution is 5.21. The summed E-state index contributed by atoms with van der Waals surface area (Å²) in [5.41, 5.74) is 1.41. The molecule has 0 amide bonds. The molecule has 0 spiro atoms. The largest absolute Gasteiger partial charge is 0.359 e. The fourth-order valence-electron chi connectivity index (χ4n) is 2.90. The van der Waals surface area contributed by atoms with Crippen molar-refractivity contribution in [3.8, 4) is 0 Å². The van der Waals surface area contributed by atoms with E-state index in [0.29, 0.717) is 6.04 Å². The molecule has 2 heteroatoms. The number of fused-ring (bicyclic) bond motifs is 1. The first-order chi connectivity index (χ1) is 7.30. The molecular weight excluding hydrogens is 186 g/mol. The molecule has 0 aliphatic carbocycles. The molecule has 0 radical (unpaired) electrons. The number of ether oxygens (including phenoxy) is 1. The van der Waals surface area contributed by atoms with Crippen LogP contribution in [0.2, 0.25) is 0 Å². The molecule has 3 rings (SSSR count). The highest BCUT2D eigenvalue weighted by Crippen LogP contribution is 2.43. The first-order valence-electron chi connectivity index (χ1n) is 5.75. The minimum absolute atomic E-state index is 0.0144. The zero-order valence-electron chi connectivity index (χ0n) is 9.15. The minimum atomic E-state index is 0.0144. The van der Waals surface area contributed by atoms with Crippen LogP contribution in [0.3, 0.4) is 0 Å². The van der Waals surface area contributed by atoms with Gasteiger partial charge in [0.1, 0.15) is 5.72 Å². The topological polar surface area (TPSA) is 12.5 Å². The average Bonchev–Trinajstić information content (AvgIpc) is 2.76. The highest BCUT2D eigenvalue weighted by Gasteiger charge is 2.47. The third-order valence-electron chi connectivity index (χ3n) is 3.76. The molecule has 1 aromatic rings. The van der Waals surface area contributed by atoms with Crippen LogP contribution in [-0.4, -0.2) is 23.8 Å². The van der Waals surface area contributed by atoms with Gasteiger partial charge in [0.25, 0.3) is 0 Å². The van der Waals surface area contributed by atoms with Crippen molar-refractivity contribution in [1.29, 1.82) is 0 Å². The van der Waals surface area contributed by atoms with Crippen LogP contribution < -0.4 is 0 Å². The lowest BCUT2D eigenvalue weighted by atomic mass is 10.1. The second-order valence-corrected chi connectivity index (χ2v) is 4.71. The van der Waals surface area contributed by atoms with E-state index >= 15 is 0 Å². The van der Waals surface area contributed by atoms with Gasteiger partial charge in [-0.3, -0.25) is 4.90 Å². The lowest BCUT2D eigenvalue weighted by Crippen LogP contribution is -2.37. The number of nitrogens with zero attached hydrogens (tertiary/aromatic N) is 1. The standard InChI is InChI=1S/C13H17NO/c1-13-8-5-9-14(13)12(10-15-13)11-6-3-2-4-7-11/h2-4,6-7,12H,5,8-10H2,1H3. The highest BCUT2D eigenvalue weighted by atomic mass is 16.5. The van der Waals surface area contributed by atoms with Gasteiger partial charge in [-0.1, -0.05) is 30.3 Å². The predicted octanol–water partition coefficient (Wildman–Crippen LogP) is 2.57. The molecule has 2 heterocycles. The zero-order valence-corrected chi connectivity index (χ0v) is 9.15. The summed E-state index contributed by atoms with van der Waals surface area (Å²) < 4.78 is 5.96. The average molecular weight is 203 g/mol. The van der Waals surface area contributed by atoms with Crippen molar-refractivity contribution < 1.29 is 4.74 Å². The summed E-state index contributed by atoms with van der Waals surface area (Å²) in [5, 5.41) is 0. The van der Waals surface area contributed by atoms with E-state index in [9.17, 15) is 0 Å². The summed E-state index contributed by atoms with van der Waals surface area (Å²) in [6.45, 7) is 4.25. The Labute approximate surface area is 90.8 Å². The maximum Gasteiger partial charge on any atom is 0.119 e. The van der Waals surface area contributed by atoms with E-state index < -0.39 is 0 Å².